The van der Waals surface area contributed by atoms with Gasteiger partial charge in [0.2, 0.25) is 0 Å². The van der Waals surface area contributed by atoms with Gasteiger partial charge in [-0.1, -0.05) is 0 Å². The van der Waals surface area contributed by atoms with Crippen molar-refractivity contribution in [3.05, 3.63) is 17.7 Å². The first-order valence-corrected chi connectivity index (χ1v) is 4.28. The maximum absolute atomic E-state index is 10.6. The van der Waals surface area contributed by atoms with Gasteiger partial charge in [0.1, 0.15) is 0 Å². The van der Waals surface area contributed by atoms with Gasteiger partial charge < -0.3 is 19.9 Å². The Hall–Kier alpha value is -1.75. The zero-order chi connectivity index (χ0) is 11.3. The van der Waals surface area contributed by atoms with E-state index in [4.69, 9.17) is 19.9 Å². The van der Waals surface area contributed by atoms with Gasteiger partial charge >= 0.3 is 0 Å². The van der Waals surface area contributed by atoms with Gasteiger partial charge in [0.15, 0.2) is 24.6 Å². The molecular formula is C10H13NO4. The van der Waals surface area contributed by atoms with Crippen molar-refractivity contribution in [1.29, 1.82) is 0 Å². The highest BCUT2D eigenvalue weighted by Gasteiger charge is 2.12. The van der Waals surface area contributed by atoms with Crippen molar-refractivity contribution in [3.63, 3.8) is 0 Å². The van der Waals surface area contributed by atoms with Gasteiger partial charge in [-0.3, -0.25) is 4.79 Å². The average molecular weight is 211 g/mol. The van der Waals surface area contributed by atoms with Crippen LogP contribution in [0.4, 0.5) is 5.69 Å². The molecule has 0 fully saturated rings. The van der Waals surface area contributed by atoms with E-state index >= 15 is 0 Å². The summed E-state index contributed by atoms with van der Waals surface area (Å²) in [5.41, 5.74) is 6.33. The van der Waals surface area contributed by atoms with Crippen LogP contribution in [0.3, 0.4) is 0 Å². The molecule has 0 aliphatic heterocycles. The molecule has 2 N–H and O–H groups in total. The molecule has 82 valence electrons. The maximum atomic E-state index is 10.6. The second-order valence-corrected chi connectivity index (χ2v) is 2.77. The van der Waals surface area contributed by atoms with Gasteiger partial charge in [-0.15, -0.1) is 0 Å². The third-order valence-electron chi connectivity index (χ3n) is 1.86. The standard InChI is InChI=1S/C10H13NO4/c1-13-6-15-10-8(14-2)4-3-7(5-12)9(10)11/h3-5H,6,11H2,1-2H3. The van der Waals surface area contributed by atoms with Gasteiger partial charge in [0, 0.05) is 12.7 Å². The fourth-order valence-electron chi connectivity index (χ4n) is 1.12. The third-order valence-corrected chi connectivity index (χ3v) is 1.86. The minimum atomic E-state index is 0.0445. The summed E-state index contributed by atoms with van der Waals surface area (Å²) in [7, 11) is 2.99. The summed E-state index contributed by atoms with van der Waals surface area (Å²) in [5.74, 6) is 0.791. The minimum Gasteiger partial charge on any atom is -0.493 e. The Bertz CT molecular complexity index is 352. The molecule has 5 heteroatoms. The van der Waals surface area contributed by atoms with Crippen molar-refractivity contribution in [3.8, 4) is 11.5 Å². The van der Waals surface area contributed by atoms with Gasteiger partial charge in [0.05, 0.1) is 12.8 Å². The first-order chi connectivity index (χ1) is 7.24. The summed E-state index contributed by atoms with van der Waals surface area (Å²) in [5, 5.41) is 0. The van der Waals surface area contributed by atoms with Gasteiger partial charge in [0.25, 0.3) is 0 Å². The Balaban J connectivity index is 3.10. The van der Waals surface area contributed by atoms with Crippen molar-refractivity contribution in [2.24, 2.45) is 0 Å². The molecule has 0 unspecified atom stereocenters. The van der Waals surface area contributed by atoms with Crippen LogP contribution in [0.5, 0.6) is 11.5 Å². The smallest absolute Gasteiger partial charge is 0.189 e. The molecule has 0 aliphatic carbocycles. The van der Waals surface area contributed by atoms with E-state index < -0.39 is 0 Å². The number of methoxy groups -OCH3 is 2. The molecule has 0 amide bonds. The average Bonchev–Trinajstić information content (AvgIpc) is 2.27. The van der Waals surface area contributed by atoms with Crippen LogP contribution in [0.2, 0.25) is 0 Å². The van der Waals surface area contributed by atoms with E-state index in [2.05, 4.69) is 0 Å². The molecule has 0 aromatic heterocycles. The molecule has 1 rings (SSSR count). The van der Waals surface area contributed by atoms with Crippen LogP contribution in [0.1, 0.15) is 10.4 Å². The van der Waals surface area contributed by atoms with E-state index in [1.54, 1.807) is 12.1 Å². The Kier molecular flexibility index (Phi) is 3.93. The highest BCUT2D eigenvalue weighted by molar-refractivity contribution is 5.87. The Morgan fingerprint density at radius 1 is 1.40 bits per heavy atom. The van der Waals surface area contributed by atoms with Gasteiger partial charge in [-0.25, -0.2) is 0 Å². The molecule has 0 spiro atoms. The number of hydrogen-bond acceptors (Lipinski definition) is 5. The molecular weight excluding hydrogens is 198 g/mol. The van der Waals surface area contributed by atoms with Crippen molar-refractivity contribution >= 4 is 12.0 Å². The molecule has 1 aromatic rings. The monoisotopic (exact) mass is 211 g/mol. The number of benzene rings is 1. The van der Waals surface area contributed by atoms with E-state index in [1.807, 2.05) is 0 Å². The summed E-state index contributed by atoms with van der Waals surface area (Å²) in [4.78, 5) is 10.6. The summed E-state index contributed by atoms with van der Waals surface area (Å²) < 4.78 is 15.0. The lowest BCUT2D eigenvalue weighted by atomic mass is 10.1. The van der Waals surface area contributed by atoms with Crippen LogP contribution in [-0.4, -0.2) is 27.3 Å². The summed E-state index contributed by atoms with van der Waals surface area (Å²) in [6.07, 6.45) is 0.661. The topological polar surface area (TPSA) is 70.8 Å². The van der Waals surface area contributed by atoms with Gasteiger partial charge in [-0.05, 0) is 12.1 Å². The molecule has 0 saturated heterocycles. The van der Waals surface area contributed by atoms with E-state index in [0.29, 0.717) is 23.3 Å². The number of nitrogens with two attached hydrogens (primary N) is 1. The number of hydrogen-bond donors (Lipinski definition) is 1. The maximum Gasteiger partial charge on any atom is 0.189 e. The number of nitrogen functional groups attached to an aromatic ring is 1. The molecule has 1 aromatic carbocycles. The zero-order valence-corrected chi connectivity index (χ0v) is 8.65. The third kappa shape index (κ3) is 2.38. The lowest BCUT2D eigenvalue weighted by molar-refractivity contribution is 0.0497. The van der Waals surface area contributed by atoms with Crippen molar-refractivity contribution in [2.45, 2.75) is 0 Å². The molecule has 0 atom stereocenters. The first kappa shape index (κ1) is 11.3. The number of aldehydes is 1. The van der Waals surface area contributed by atoms with E-state index in [0.717, 1.165) is 0 Å². The number of ether oxygens (including phenoxy) is 3. The number of rotatable bonds is 5. The lowest BCUT2D eigenvalue weighted by Crippen LogP contribution is -2.05. The largest absolute Gasteiger partial charge is 0.493 e. The highest BCUT2D eigenvalue weighted by atomic mass is 16.7. The molecule has 0 aliphatic rings. The van der Waals surface area contributed by atoms with Crippen LogP contribution in [-0.2, 0) is 4.74 Å². The van der Waals surface area contributed by atoms with Crippen molar-refractivity contribution in [1.82, 2.24) is 0 Å². The zero-order valence-electron chi connectivity index (χ0n) is 8.65. The number of carbonyl (C=O) groups is 1. The van der Waals surface area contributed by atoms with Crippen molar-refractivity contribution < 1.29 is 19.0 Å². The molecule has 0 saturated carbocycles. The van der Waals surface area contributed by atoms with Crippen molar-refractivity contribution in [2.75, 3.05) is 26.7 Å². The molecule has 15 heavy (non-hydrogen) atoms. The second kappa shape index (κ2) is 5.21. The fraction of sp³-hybridized carbons (Fsp3) is 0.300. The predicted octanol–water partition coefficient (Wildman–Crippen LogP) is 1.07. The number of anilines is 1. The first-order valence-electron chi connectivity index (χ1n) is 4.28. The van der Waals surface area contributed by atoms with Crippen LogP contribution in [0.25, 0.3) is 0 Å². The lowest BCUT2D eigenvalue weighted by Gasteiger charge is -2.13. The molecule has 0 radical (unpaired) electrons. The summed E-state index contributed by atoms with van der Waals surface area (Å²) in [6.45, 7) is 0.0445. The molecule has 0 bridgehead atoms. The quantitative estimate of drug-likeness (QED) is 0.448. The van der Waals surface area contributed by atoms with Crippen LogP contribution >= 0.6 is 0 Å². The van der Waals surface area contributed by atoms with Crippen LogP contribution in [0, 0.1) is 0 Å². The van der Waals surface area contributed by atoms with E-state index in [1.165, 1.54) is 14.2 Å². The van der Waals surface area contributed by atoms with Crippen LogP contribution < -0.4 is 15.2 Å². The van der Waals surface area contributed by atoms with Gasteiger partial charge in [-0.2, -0.15) is 0 Å². The Morgan fingerprint density at radius 2 is 2.13 bits per heavy atom. The predicted molar refractivity (Wildman–Crippen MR) is 55.3 cm³/mol. The van der Waals surface area contributed by atoms with Crippen LogP contribution in [0.15, 0.2) is 12.1 Å². The minimum absolute atomic E-state index is 0.0445. The normalized spacial score (nSPS) is 9.73. The SMILES string of the molecule is COCOc1c(OC)ccc(C=O)c1N. The molecule has 0 heterocycles. The van der Waals surface area contributed by atoms with E-state index in [-0.39, 0.29) is 12.5 Å². The Labute approximate surface area is 87.7 Å². The summed E-state index contributed by atoms with van der Waals surface area (Å²) >= 11 is 0. The summed E-state index contributed by atoms with van der Waals surface area (Å²) in [6, 6.07) is 3.19. The number of carbonyl (C=O) groups excluding carboxylic acids is 1. The highest BCUT2D eigenvalue weighted by Crippen LogP contribution is 2.35. The molecule has 5 nitrogen and oxygen atoms in total. The van der Waals surface area contributed by atoms with E-state index in [9.17, 15) is 4.79 Å². The Morgan fingerprint density at radius 3 is 2.67 bits per heavy atom. The fourth-order valence-corrected chi connectivity index (χ4v) is 1.12. The second-order valence-electron chi connectivity index (χ2n) is 2.77.